The van der Waals surface area contributed by atoms with Gasteiger partial charge in [0.2, 0.25) is 0 Å². The summed E-state index contributed by atoms with van der Waals surface area (Å²) >= 11 is 0. The summed E-state index contributed by atoms with van der Waals surface area (Å²) < 4.78 is 10.1. The third-order valence-electron chi connectivity index (χ3n) is 2.62. The minimum absolute atomic E-state index is 0.252. The Morgan fingerprint density at radius 3 is 2.25 bits per heavy atom. The molecule has 0 N–H and O–H groups in total. The van der Waals surface area contributed by atoms with E-state index in [4.69, 9.17) is 9.47 Å². The highest BCUT2D eigenvalue weighted by Crippen LogP contribution is 2.27. The van der Waals surface area contributed by atoms with Crippen molar-refractivity contribution in [1.82, 2.24) is 0 Å². The van der Waals surface area contributed by atoms with E-state index in [1.807, 2.05) is 0 Å². The van der Waals surface area contributed by atoms with Crippen molar-refractivity contribution >= 4 is 18.2 Å². The van der Waals surface area contributed by atoms with Gasteiger partial charge in [0.1, 0.15) is 18.5 Å². The molecule has 0 amide bonds. The van der Waals surface area contributed by atoms with E-state index in [9.17, 15) is 14.4 Å². The zero-order valence-corrected chi connectivity index (χ0v) is 9.47. The minimum atomic E-state index is -0.465. The largest absolute Gasteiger partial charge is 0.462 e. The van der Waals surface area contributed by atoms with Gasteiger partial charge >= 0.3 is 11.9 Å². The number of carbonyl (C=O) groups excluding carboxylic acids is 3. The number of carbonyl (C=O) groups is 3. The van der Waals surface area contributed by atoms with Crippen LogP contribution in [0.4, 0.5) is 0 Å². The first-order chi connectivity index (χ1) is 7.52. The maximum absolute atomic E-state index is 10.9. The summed E-state index contributed by atoms with van der Waals surface area (Å²) in [7, 11) is 0. The highest BCUT2D eigenvalue weighted by atomic mass is 16.6. The van der Waals surface area contributed by atoms with Crippen molar-refractivity contribution in [3.05, 3.63) is 0 Å². The zero-order chi connectivity index (χ0) is 12.1. The van der Waals surface area contributed by atoms with Gasteiger partial charge in [0.25, 0.3) is 0 Å². The van der Waals surface area contributed by atoms with Crippen molar-refractivity contribution in [3.63, 3.8) is 0 Å². The van der Waals surface area contributed by atoms with Gasteiger partial charge in [-0.25, -0.2) is 0 Å². The highest BCUT2D eigenvalue weighted by Gasteiger charge is 2.33. The first-order valence-corrected chi connectivity index (χ1v) is 5.32. The summed E-state index contributed by atoms with van der Waals surface area (Å²) in [5.41, 5.74) is 0. The van der Waals surface area contributed by atoms with Crippen LogP contribution in [0.15, 0.2) is 0 Å². The lowest BCUT2D eigenvalue weighted by atomic mass is 9.85. The quantitative estimate of drug-likeness (QED) is 0.529. The van der Waals surface area contributed by atoms with Gasteiger partial charge < -0.3 is 14.3 Å². The molecule has 5 nitrogen and oxygen atoms in total. The molecule has 1 saturated carbocycles. The van der Waals surface area contributed by atoms with E-state index < -0.39 is 12.1 Å². The lowest BCUT2D eigenvalue weighted by Crippen LogP contribution is -2.37. The molecule has 1 rings (SSSR count). The van der Waals surface area contributed by atoms with E-state index in [2.05, 4.69) is 0 Å². The molecular formula is C11H16O5. The van der Waals surface area contributed by atoms with E-state index in [-0.39, 0.29) is 18.0 Å². The molecule has 0 aromatic carbocycles. The fourth-order valence-electron chi connectivity index (χ4n) is 1.96. The van der Waals surface area contributed by atoms with Crippen LogP contribution in [0, 0.1) is 5.92 Å². The maximum atomic E-state index is 10.9. The second-order valence-electron chi connectivity index (χ2n) is 3.99. The highest BCUT2D eigenvalue weighted by molar-refractivity contribution is 5.67. The standard InChI is InChI=1S/C11H16O5/c1-7(13)15-10-4-3-9(6-12)11(5-10)16-8(2)14/h6,9-11H,3-5H2,1-2H3. The first-order valence-electron chi connectivity index (χ1n) is 5.32. The Labute approximate surface area is 94.1 Å². The van der Waals surface area contributed by atoms with Gasteiger partial charge in [-0.2, -0.15) is 0 Å². The van der Waals surface area contributed by atoms with Crippen LogP contribution in [0.25, 0.3) is 0 Å². The van der Waals surface area contributed by atoms with Crippen molar-refractivity contribution in [1.29, 1.82) is 0 Å². The molecule has 0 heterocycles. The molecule has 5 heteroatoms. The molecule has 1 aliphatic carbocycles. The molecule has 0 radical (unpaired) electrons. The summed E-state index contributed by atoms with van der Waals surface area (Å²) in [5.74, 6) is -1.05. The van der Waals surface area contributed by atoms with Crippen molar-refractivity contribution in [2.24, 2.45) is 5.92 Å². The third-order valence-corrected chi connectivity index (χ3v) is 2.62. The Hall–Kier alpha value is -1.39. The summed E-state index contributed by atoms with van der Waals surface area (Å²) in [4.78, 5) is 32.4. The second-order valence-corrected chi connectivity index (χ2v) is 3.99. The number of hydrogen-bond acceptors (Lipinski definition) is 5. The van der Waals surface area contributed by atoms with Gasteiger partial charge in [0.05, 0.1) is 5.92 Å². The number of ether oxygens (including phenoxy) is 2. The topological polar surface area (TPSA) is 69.7 Å². The van der Waals surface area contributed by atoms with E-state index in [0.29, 0.717) is 19.3 Å². The van der Waals surface area contributed by atoms with Crippen molar-refractivity contribution in [3.8, 4) is 0 Å². The molecule has 0 bridgehead atoms. The number of rotatable bonds is 3. The lowest BCUT2D eigenvalue weighted by molar-refractivity contribution is -0.160. The van der Waals surface area contributed by atoms with Gasteiger partial charge in [-0.1, -0.05) is 0 Å². The third kappa shape index (κ3) is 3.64. The molecule has 1 fully saturated rings. The average Bonchev–Trinajstić information content (AvgIpc) is 2.16. The molecule has 0 aliphatic heterocycles. The van der Waals surface area contributed by atoms with Crippen LogP contribution in [0.5, 0.6) is 0 Å². The molecule has 0 aromatic heterocycles. The zero-order valence-electron chi connectivity index (χ0n) is 9.47. The molecule has 3 atom stereocenters. The summed E-state index contributed by atoms with van der Waals surface area (Å²) in [6.07, 6.45) is 1.71. The Morgan fingerprint density at radius 2 is 1.75 bits per heavy atom. The average molecular weight is 228 g/mol. The number of hydrogen-bond donors (Lipinski definition) is 0. The summed E-state index contributed by atoms with van der Waals surface area (Å²) in [5, 5.41) is 0. The molecule has 16 heavy (non-hydrogen) atoms. The molecule has 0 spiro atoms. The van der Waals surface area contributed by atoms with Crippen LogP contribution in [0.1, 0.15) is 33.1 Å². The minimum Gasteiger partial charge on any atom is -0.462 e. The number of esters is 2. The van der Waals surface area contributed by atoms with E-state index in [0.717, 1.165) is 6.29 Å². The fraction of sp³-hybridized carbons (Fsp3) is 0.727. The fourth-order valence-corrected chi connectivity index (χ4v) is 1.96. The van der Waals surface area contributed by atoms with Crippen LogP contribution >= 0.6 is 0 Å². The van der Waals surface area contributed by atoms with Gasteiger partial charge in [0.15, 0.2) is 0 Å². The molecule has 0 saturated heterocycles. The maximum Gasteiger partial charge on any atom is 0.302 e. The second kappa shape index (κ2) is 5.63. The Kier molecular flexibility index (Phi) is 4.46. The van der Waals surface area contributed by atoms with E-state index in [1.54, 1.807) is 0 Å². The van der Waals surface area contributed by atoms with Crippen LogP contribution in [0.3, 0.4) is 0 Å². The molecular weight excluding hydrogens is 212 g/mol. The van der Waals surface area contributed by atoms with Crippen LogP contribution < -0.4 is 0 Å². The Balaban J connectivity index is 2.57. The monoisotopic (exact) mass is 228 g/mol. The predicted molar refractivity (Wildman–Crippen MR) is 54.5 cm³/mol. The number of aldehydes is 1. The predicted octanol–water partition coefficient (Wildman–Crippen LogP) is 0.849. The van der Waals surface area contributed by atoms with Gasteiger partial charge in [-0.15, -0.1) is 0 Å². The van der Waals surface area contributed by atoms with Gasteiger partial charge in [-0.3, -0.25) is 9.59 Å². The van der Waals surface area contributed by atoms with Crippen LogP contribution in [-0.2, 0) is 23.9 Å². The van der Waals surface area contributed by atoms with Crippen LogP contribution in [0.2, 0.25) is 0 Å². The summed E-state index contributed by atoms with van der Waals surface area (Å²) in [6.45, 7) is 2.64. The van der Waals surface area contributed by atoms with E-state index >= 15 is 0 Å². The molecule has 1 aliphatic rings. The SMILES string of the molecule is CC(=O)OC1CCC(C=O)C(OC(C)=O)C1. The lowest BCUT2D eigenvalue weighted by Gasteiger charge is -2.32. The molecule has 0 aromatic rings. The van der Waals surface area contributed by atoms with Crippen molar-refractivity contribution in [2.45, 2.75) is 45.3 Å². The van der Waals surface area contributed by atoms with E-state index in [1.165, 1.54) is 13.8 Å². The molecule has 3 unspecified atom stereocenters. The summed E-state index contributed by atoms with van der Waals surface area (Å²) in [6, 6.07) is 0. The Bertz CT molecular complexity index is 286. The Morgan fingerprint density at radius 1 is 1.12 bits per heavy atom. The van der Waals surface area contributed by atoms with Crippen molar-refractivity contribution < 1.29 is 23.9 Å². The van der Waals surface area contributed by atoms with Crippen molar-refractivity contribution in [2.75, 3.05) is 0 Å². The first kappa shape index (κ1) is 12.7. The smallest absolute Gasteiger partial charge is 0.302 e. The molecule has 90 valence electrons. The van der Waals surface area contributed by atoms with Crippen LogP contribution in [-0.4, -0.2) is 30.4 Å². The van der Waals surface area contributed by atoms with Gasteiger partial charge in [-0.05, 0) is 12.8 Å². The normalized spacial score (nSPS) is 29.2. The van der Waals surface area contributed by atoms with Gasteiger partial charge in [0, 0.05) is 20.3 Å².